The monoisotopic (exact) mass is 570 g/mol. The first-order valence-corrected chi connectivity index (χ1v) is 17.3. The zero-order valence-electron chi connectivity index (χ0n) is 26.6. The summed E-state index contributed by atoms with van der Waals surface area (Å²) in [6.07, 6.45) is 27.4. The van der Waals surface area contributed by atoms with Crippen molar-refractivity contribution in [1.29, 1.82) is 0 Å². The summed E-state index contributed by atoms with van der Waals surface area (Å²) in [6, 6.07) is 0. The van der Waals surface area contributed by atoms with Gasteiger partial charge in [-0.2, -0.15) is 0 Å². The summed E-state index contributed by atoms with van der Waals surface area (Å²) in [4.78, 5) is 25.5. The number of hydrogen-bond donors (Lipinski definition) is 2. The molecule has 0 saturated carbocycles. The Kier molecular flexibility index (Phi) is 29.9. The molecule has 40 heavy (non-hydrogen) atoms. The predicted molar refractivity (Wildman–Crippen MR) is 168 cm³/mol. The standard InChI is InChI=1S/C34H67NO5/c1-3-5-7-9-13-19-25-32(24-18-12-8-6-4-2)40-34(39)27-21-15-11-17-23-29-35(30-31-36)28-22-16-10-14-20-26-33(37)38/h32,36H,3-31H2,1-2H3,(H,37,38). The van der Waals surface area contributed by atoms with Gasteiger partial charge in [0.1, 0.15) is 6.10 Å². The van der Waals surface area contributed by atoms with Crippen LogP contribution < -0.4 is 0 Å². The molecule has 0 aliphatic heterocycles. The largest absolute Gasteiger partial charge is 0.481 e. The molecule has 0 radical (unpaired) electrons. The van der Waals surface area contributed by atoms with E-state index in [1.54, 1.807) is 0 Å². The van der Waals surface area contributed by atoms with Crippen molar-refractivity contribution >= 4 is 11.9 Å². The summed E-state index contributed by atoms with van der Waals surface area (Å²) in [6.45, 7) is 7.43. The number of carbonyl (C=O) groups excluding carboxylic acids is 1. The van der Waals surface area contributed by atoms with Crippen molar-refractivity contribution in [3.63, 3.8) is 0 Å². The van der Waals surface area contributed by atoms with Crippen LogP contribution in [0, 0.1) is 0 Å². The Hall–Kier alpha value is -1.14. The van der Waals surface area contributed by atoms with Crippen LogP contribution in [-0.4, -0.2) is 59.4 Å². The lowest BCUT2D eigenvalue weighted by atomic mass is 10.0. The Labute approximate surface area is 248 Å². The third-order valence-corrected chi connectivity index (χ3v) is 7.94. The van der Waals surface area contributed by atoms with E-state index < -0.39 is 5.97 Å². The van der Waals surface area contributed by atoms with Gasteiger partial charge in [0.25, 0.3) is 0 Å². The minimum absolute atomic E-state index is 0.00150. The van der Waals surface area contributed by atoms with Crippen LogP contribution in [0.25, 0.3) is 0 Å². The maximum atomic E-state index is 12.5. The highest BCUT2D eigenvalue weighted by atomic mass is 16.5. The summed E-state index contributed by atoms with van der Waals surface area (Å²) in [5, 5.41) is 18.1. The molecule has 238 valence electrons. The summed E-state index contributed by atoms with van der Waals surface area (Å²) in [7, 11) is 0. The molecule has 0 bridgehead atoms. The van der Waals surface area contributed by atoms with Gasteiger partial charge < -0.3 is 19.8 Å². The lowest BCUT2D eigenvalue weighted by Gasteiger charge is -2.21. The third kappa shape index (κ3) is 28.4. The Morgan fingerprint density at radius 3 is 1.48 bits per heavy atom. The second-order valence-electron chi connectivity index (χ2n) is 11.9. The maximum Gasteiger partial charge on any atom is 0.306 e. The van der Waals surface area contributed by atoms with Crippen LogP contribution in [-0.2, 0) is 14.3 Å². The number of aliphatic hydroxyl groups excluding tert-OH is 1. The molecule has 1 unspecified atom stereocenters. The van der Waals surface area contributed by atoms with Gasteiger partial charge in [0.2, 0.25) is 0 Å². The SMILES string of the molecule is CCCCCCCCC(CCCCCCC)OC(=O)CCCCCCCN(CCO)CCCCCCCC(=O)O. The van der Waals surface area contributed by atoms with Crippen LogP contribution in [0.5, 0.6) is 0 Å². The molecule has 0 fully saturated rings. The first-order valence-electron chi connectivity index (χ1n) is 17.3. The van der Waals surface area contributed by atoms with E-state index in [2.05, 4.69) is 18.7 Å². The molecule has 0 amide bonds. The number of carboxylic acids is 1. The van der Waals surface area contributed by atoms with E-state index in [9.17, 15) is 14.7 Å². The lowest BCUT2D eigenvalue weighted by molar-refractivity contribution is -0.150. The molecule has 1 atom stereocenters. The van der Waals surface area contributed by atoms with E-state index in [0.29, 0.717) is 6.42 Å². The zero-order valence-corrected chi connectivity index (χ0v) is 26.6. The number of nitrogens with zero attached hydrogens (tertiary/aromatic N) is 1. The number of aliphatic hydroxyl groups is 1. The summed E-state index contributed by atoms with van der Waals surface area (Å²) >= 11 is 0. The fourth-order valence-electron chi connectivity index (χ4n) is 5.39. The van der Waals surface area contributed by atoms with Gasteiger partial charge in [-0.3, -0.25) is 9.59 Å². The number of ether oxygens (including phenoxy) is 1. The Bertz CT molecular complexity index is 556. The molecule has 0 aromatic heterocycles. The molecule has 0 saturated heterocycles. The van der Waals surface area contributed by atoms with Gasteiger partial charge in [-0.1, -0.05) is 110 Å². The number of esters is 1. The highest BCUT2D eigenvalue weighted by Crippen LogP contribution is 2.18. The van der Waals surface area contributed by atoms with Gasteiger partial charge in [0.05, 0.1) is 6.61 Å². The molecule has 0 aliphatic carbocycles. The lowest BCUT2D eigenvalue weighted by Crippen LogP contribution is -2.29. The fraction of sp³-hybridized carbons (Fsp3) is 0.941. The van der Waals surface area contributed by atoms with Crippen molar-refractivity contribution in [3.05, 3.63) is 0 Å². The summed E-state index contributed by atoms with van der Waals surface area (Å²) in [5.74, 6) is -0.702. The van der Waals surface area contributed by atoms with Crippen molar-refractivity contribution < 1.29 is 24.5 Å². The molecule has 0 spiro atoms. The highest BCUT2D eigenvalue weighted by molar-refractivity contribution is 5.69. The van der Waals surface area contributed by atoms with Crippen molar-refractivity contribution in [2.24, 2.45) is 0 Å². The van der Waals surface area contributed by atoms with Crippen LogP contribution in [0.4, 0.5) is 0 Å². The van der Waals surface area contributed by atoms with E-state index in [-0.39, 0.29) is 25.1 Å². The summed E-state index contributed by atoms with van der Waals surface area (Å²) < 4.78 is 5.95. The number of unbranched alkanes of at least 4 members (excludes halogenated alkanes) is 17. The zero-order chi connectivity index (χ0) is 29.5. The van der Waals surface area contributed by atoms with E-state index >= 15 is 0 Å². The van der Waals surface area contributed by atoms with Gasteiger partial charge in [-0.25, -0.2) is 0 Å². The number of rotatable bonds is 32. The minimum atomic E-state index is -0.704. The minimum Gasteiger partial charge on any atom is -0.481 e. The second kappa shape index (κ2) is 30.8. The smallest absolute Gasteiger partial charge is 0.306 e. The molecule has 0 aromatic rings. The molecule has 0 aromatic carbocycles. The van der Waals surface area contributed by atoms with Gasteiger partial charge >= 0.3 is 11.9 Å². The van der Waals surface area contributed by atoms with Crippen LogP contribution >= 0.6 is 0 Å². The average Bonchev–Trinajstić information content (AvgIpc) is 2.93. The second-order valence-corrected chi connectivity index (χ2v) is 11.9. The molecular formula is C34H67NO5. The molecule has 2 N–H and O–H groups in total. The third-order valence-electron chi connectivity index (χ3n) is 7.94. The number of carboxylic acid groups (broad SMARTS) is 1. The van der Waals surface area contributed by atoms with Crippen LogP contribution in [0.2, 0.25) is 0 Å². The van der Waals surface area contributed by atoms with Crippen molar-refractivity contribution in [2.45, 2.75) is 180 Å². The van der Waals surface area contributed by atoms with Gasteiger partial charge in [-0.05, 0) is 64.5 Å². The van der Waals surface area contributed by atoms with Gasteiger partial charge in [0, 0.05) is 19.4 Å². The van der Waals surface area contributed by atoms with Gasteiger partial charge in [0.15, 0.2) is 0 Å². The van der Waals surface area contributed by atoms with E-state index in [0.717, 1.165) is 96.7 Å². The molecule has 0 heterocycles. The predicted octanol–water partition coefficient (Wildman–Crippen LogP) is 9.07. The van der Waals surface area contributed by atoms with Gasteiger partial charge in [-0.15, -0.1) is 0 Å². The molecule has 6 heteroatoms. The molecule has 0 rings (SSSR count). The number of aliphatic carboxylic acids is 1. The quantitative estimate of drug-likeness (QED) is 0.0620. The Morgan fingerprint density at radius 1 is 0.575 bits per heavy atom. The topological polar surface area (TPSA) is 87.1 Å². The Balaban J connectivity index is 4.01. The van der Waals surface area contributed by atoms with Crippen molar-refractivity contribution in [2.75, 3.05) is 26.2 Å². The normalized spacial score (nSPS) is 12.2. The first kappa shape index (κ1) is 38.9. The summed E-state index contributed by atoms with van der Waals surface area (Å²) in [5.41, 5.74) is 0. The maximum absolute atomic E-state index is 12.5. The molecular weight excluding hydrogens is 502 g/mol. The highest BCUT2D eigenvalue weighted by Gasteiger charge is 2.14. The van der Waals surface area contributed by atoms with Crippen LogP contribution in [0.1, 0.15) is 174 Å². The van der Waals surface area contributed by atoms with Crippen LogP contribution in [0.3, 0.4) is 0 Å². The van der Waals surface area contributed by atoms with Crippen LogP contribution in [0.15, 0.2) is 0 Å². The van der Waals surface area contributed by atoms with Crippen molar-refractivity contribution in [1.82, 2.24) is 4.90 Å². The molecule has 0 aliphatic rings. The van der Waals surface area contributed by atoms with E-state index in [1.807, 2.05) is 0 Å². The Morgan fingerprint density at radius 2 is 1.00 bits per heavy atom. The van der Waals surface area contributed by atoms with Crippen molar-refractivity contribution in [3.8, 4) is 0 Å². The average molecular weight is 570 g/mol. The fourth-order valence-corrected chi connectivity index (χ4v) is 5.39. The van der Waals surface area contributed by atoms with E-state index in [1.165, 1.54) is 70.6 Å². The first-order chi connectivity index (χ1) is 19.5. The van der Waals surface area contributed by atoms with E-state index in [4.69, 9.17) is 9.84 Å². The molecule has 6 nitrogen and oxygen atoms in total. The number of carbonyl (C=O) groups is 2. The number of hydrogen-bond acceptors (Lipinski definition) is 5.